The molecule has 96 valence electrons. The molecule has 6 heteroatoms. The summed E-state index contributed by atoms with van der Waals surface area (Å²) in [6.07, 6.45) is 0.747. The number of rotatable bonds is 4. The summed E-state index contributed by atoms with van der Waals surface area (Å²) >= 11 is 9.22. The van der Waals surface area contributed by atoms with Gasteiger partial charge in [0.05, 0.1) is 10.6 Å². The Morgan fingerprint density at radius 1 is 1.59 bits per heavy atom. The zero-order valence-corrected chi connectivity index (χ0v) is 12.5. The van der Waals surface area contributed by atoms with Gasteiger partial charge < -0.3 is 11.1 Å². The smallest absolute Gasteiger partial charge is 0.252 e. The van der Waals surface area contributed by atoms with Gasteiger partial charge in [-0.05, 0) is 31.5 Å². The highest BCUT2D eigenvalue weighted by Crippen LogP contribution is 2.20. The van der Waals surface area contributed by atoms with Crippen LogP contribution in [0.1, 0.15) is 23.7 Å². The summed E-state index contributed by atoms with van der Waals surface area (Å²) in [4.78, 5) is 11.7. The molecule has 3 nitrogen and oxygen atoms in total. The summed E-state index contributed by atoms with van der Waals surface area (Å²) in [6.45, 7) is 2.46. The summed E-state index contributed by atoms with van der Waals surface area (Å²) in [7, 11) is 0. The predicted octanol–water partition coefficient (Wildman–Crippen LogP) is 2.99. The van der Waals surface area contributed by atoms with Gasteiger partial charge in [-0.3, -0.25) is 4.79 Å². The van der Waals surface area contributed by atoms with E-state index in [-0.39, 0.29) is 24.4 Å². The van der Waals surface area contributed by atoms with Gasteiger partial charge >= 0.3 is 0 Å². The summed E-state index contributed by atoms with van der Waals surface area (Å²) in [6, 6.07) is 5.26. The number of amides is 1. The lowest BCUT2D eigenvalue weighted by atomic mass is 10.2. The van der Waals surface area contributed by atoms with E-state index in [4.69, 9.17) is 17.3 Å². The molecule has 1 aromatic rings. The van der Waals surface area contributed by atoms with Gasteiger partial charge in [0, 0.05) is 17.1 Å². The summed E-state index contributed by atoms with van der Waals surface area (Å²) < 4.78 is 0.828. The second-order valence-corrected chi connectivity index (χ2v) is 4.97. The molecule has 17 heavy (non-hydrogen) atoms. The van der Waals surface area contributed by atoms with E-state index in [0.29, 0.717) is 17.1 Å². The fourth-order valence-electron chi connectivity index (χ4n) is 1.18. The van der Waals surface area contributed by atoms with Crippen LogP contribution in [0.2, 0.25) is 5.02 Å². The second-order valence-electron chi connectivity index (χ2n) is 3.65. The van der Waals surface area contributed by atoms with Crippen molar-refractivity contribution in [3.05, 3.63) is 33.3 Å². The monoisotopic (exact) mass is 340 g/mol. The van der Waals surface area contributed by atoms with Crippen LogP contribution in [0.25, 0.3) is 0 Å². The molecule has 0 fully saturated rings. The number of hydrogen-bond acceptors (Lipinski definition) is 2. The van der Waals surface area contributed by atoms with Gasteiger partial charge in [-0.2, -0.15) is 0 Å². The highest BCUT2D eigenvalue weighted by Gasteiger charge is 2.10. The minimum Gasteiger partial charge on any atom is -0.352 e. The lowest BCUT2D eigenvalue weighted by Crippen LogP contribution is -2.29. The first-order valence-corrected chi connectivity index (χ1v) is 6.16. The Bertz CT molecular complexity index is 386. The van der Waals surface area contributed by atoms with Crippen molar-refractivity contribution in [2.45, 2.75) is 19.4 Å². The fourth-order valence-corrected chi connectivity index (χ4v) is 1.74. The Morgan fingerprint density at radius 2 is 2.24 bits per heavy atom. The predicted molar refractivity (Wildman–Crippen MR) is 77.0 cm³/mol. The van der Waals surface area contributed by atoms with Crippen molar-refractivity contribution in [1.82, 2.24) is 5.32 Å². The van der Waals surface area contributed by atoms with Gasteiger partial charge in [0.1, 0.15) is 0 Å². The minimum atomic E-state index is -0.174. The SMILES string of the molecule is CC(N)CCNC(=O)c1cc(Br)ccc1Cl.Cl. The third kappa shape index (κ3) is 5.73. The Balaban J connectivity index is 0.00000256. The van der Waals surface area contributed by atoms with Crippen molar-refractivity contribution in [3.8, 4) is 0 Å². The minimum absolute atomic E-state index is 0. The molecule has 0 aliphatic carbocycles. The normalized spacial score (nSPS) is 11.5. The van der Waals surface area contributed by atoms with Crippen molar-refractivity contribution in [1.29, 1.82) is 0 Å². The molecule has 0 bridgehead atoms. The van der Waals surface area contributed by atoms with E-state index in [1.165, 1.54) is 0 Å². The van der Waals surface area contributed by atoms with Crippen LogP contribution in [-0.2, 0) is 0 Å². The molecule has 0 spiro atoms. The molecule has 0 aliphatic rings. The van der Waals surface area contributed by atoms with E-state index in [2.05, 4.69) is 21.2 Å². The summed E-state index contributed by atoms with van der Waals surface area (Å²) in [5, 5.41) is 3.22. The van der Waals surface area contributed by atoms with E-state index >= 15 is 0 Å². The molecule has 1 atom stereocenters. The Labute approximate surface area is 121 Å². The zero-order valence-electron chi connectivity index (χ0n) is 9.37. The molecule has 1 rings (SSSR count). The maximum absolute atomic E-state index is 11.7. The number of carbonyl (C=O) groups is 1. The van der Waals surface area contributed by atoms with Gasteiger partial charge in [0.15, 0.2) is 0 Å². The Kier molecular flexibility index (Phi) is 7.79. The molecule has 0 radical (unpaired) electrons. The average molecular weight is 342 g/mol. The number of halogens is 3. The Morgan fingerprint density at radius 3 is 2.82 bits per heavy atom. The fraction of sp³-hybridized carbons (Fsp3) is 0.364. The first-order chi connectivity index (χ1) is 7.50. The summed E-state index contributed by atoms with van der Waals surface area (Å²) in [5.41, 5.74) is 6.06. The van der Waals surface area contributed by atoms with E-state index in [9.17, 15) is 4.79 Å². The van der Waals surface area contributed by atoms with Gasteiger partial charge in [0.2, 0.25) is 0 Å². The van der Waals surface area contributed by atoms with Crippen molar-refractivity contribution in [3.63, 3.8) is 0 Å². The van der Waals surface area contributed by atoms with Crippen LogP contribution in [0.4, 0.5) is 0 Å². The van der Waals surface area contributed by atoms with Crippen molar-refractivity contribution in [2.75, 3.05) is 6.54 Å². The lowest BCUT2D eigenvalue weighted by Gasteiger charge is -2.08. The van der Waals surface area contributed by atoms with Crippen LogP contribution < -0.4 is 11.1 Å². The number of nitrogens with two attached hydrogens (primary N) is 1. The van der Waals surface area contributed by atoms with Crippen LogP contribution in [0.5, 0.6) is 0 Å². The van der Waals surface area contributed by atoms with Gasteiger partial charge in [0.25, 0.3) is 5.91 Å². The highest BCUT2D eigenvalue weighted by molar-refractivity contribution is 9.10. The van der Waals surface area contributed by atoms with Gasteiger partial charge in [-0.1, -0.05) is 27.5 Å². The van der Waals surface area contributed by atoms with Crippen LogP contribution in [0.15, 0.2) is 22.7 Å². The standard InChI is InChI=1S/C11H14BrClN2O.ClH/c1-7(14)4-5-15-11(16)9-6-8(12)2-3-10(9)13;/h2-3,6-7H,4-5,14H2,1H3,(H,15,16);1H. The van der Waals surface area contributed by atoms with Crippen LogP contribution in [0, 0.1) is 0 Å². The van der Waals surface area contributed by atoms with Crippen molar-refractivity contribution < 1.29 is 4.79 Å². The molecule has 3 N–H and O–H groups in total. The molecule has 1 amide bonds. The van der Waals surface area contributed by atoms with Crippen LogP contribution in [0.3, 0.4) is 0 Å². The number of carbonyl (C=O) groups excluding carboxylic acids is 1. The highest BCUT2D eigenvalue weighted by atomic mass is 79.9. The average Bonchev–Trinajstić information content (AvgIpc) is 2.21. The Hall–Kier alpha value is -0.290. The van der Waals surface area contributed by atoms with Crippen molar-refractivity contribution >= 4 is 45.8 Å². The van der Waals surface area contributed by atoms with E-state index < -0.39 is 0 Å². The number of nitrogens with one attached hydrogen (secondary N) is 1. The molecular formula is C11H15BrCl2N2O. The largest absolute Gasteiger partial charge is 0.352 e. The molecule has 1 aromatic carbocycles. The third-order valence-corrected chi connectivity index (χ3v) is 2.88. The third-order valence-electron chi connectivity index (χ3n) is 2.06. The van der Waals surface area contributed by atoms with E-state index in [1.807, 2.05) is 6.92 Å². The van der Waals surface area contributed by atoms with Crippen LogP contribution >= 0.6 is 39.9 Å². The maximum atomic E-state index is 11.7. The lowest BCUT2D eigenvalue weighted by molar-refractivity contribution is 0.0953. The summed E-state index contributed by atoms with van der Waals surface area (Å²) in [5.74, 6) is -0.174. The molecule has 1 unspecified atom stereocenters. The quantitative estimate of drug-likeness (QED) is 0.884. The first kappa shape index (κ1) is 16.7. The maximum Gasteiger partial charge on any atom is 0.252 e. The van der Waals surface area contributed by atoms with E-state index in [1.54, 1.807) is 18.2 Å². The van der Waals surface area contributed by atoms with Gasteiger partial charge in [-0.25, -0.2) is 0 Å². The molecule has 0 saturated heterocycles. The van der Waals surface area contributed by atoms with Crippen molar-refractivity contribution in [2.24, 2.45) is 5.73 Å². The number of benzene rings is 1. The molecular weight excluding hydrogens is 327 g/mol. The molecule has 0 aliphatic heterocycles. The van der Waals surface area contributed by atoms with E-state index in [0.717, 1.165) is 10.9 Å². The second kappa shape index (κ2) is 7.93. The molecule has 0 heterocycles. The molecule has 0 saturated carbocycles. The topological polar surface area (TPSA) is 55.1 Å². The molecule has 0 aromatic heterocycles. The first-order valence-electron chi connectivity index (χ1n) is 4.99. The van der Waals surface area contributed by atoms with Crippen LogP contribution in [-0.4, -0.2) is 18.5 Å². The number of hydrogen-bond donors (Lipinski definition) is 2. The zero-order chi connectivity index (χ0) is 12.1. The van der Waals surface area contributed by atoms with Gasteiger partial charge in [-0.15, -0.1) is 12.4 Å².